The van der Waals surface area contributed by atoms with Crippen molar-refractivity contribution in [2.45, 2.75) is 13.5 Å². The van der Waals surface area contributed by atoms with E-state index >= 15 is 0 Å². The Kier molecular flexibility index (Phi) is 4.86. The summed E-state index contributed by atoms with van der Waals surface area (Å²) in [5.41, 5.74) is 3.38. The molecule has 0 spiro atoms. The Labute approximate surface area is 123 Å². The summed E-state index contributed by atoms with van der Waals surface area (Å²) in [7, 11) is 0. The van der Waals surface area contributed by atoms with Crippen molar-refractivity contribution in [1.82, 2.24) is 0 Å². The van der Waals surface area contributed by atoms with E-state index in [9.17, 15) is 0 Å². The Hall–Kier alpha value is -2.18. The molecule has 0 bridgehead atoms. The van der Waals surface area contributed by atoms with Gasteiger partial charge in [-0.1, -0.05) is 17.7 Å². The van der Waals surface area contributed by atoms with Crippen LogP contribution in [0.15, 0.2) is 42.5 Å². The van der Waals surface area contributed by atoms with Gasteiger partial charge in [0, 0.05) is 17.3 Å². The van der Waals surface area contributed by atoms with Crippen LogP contribution in [0, 0.1) is 18.3 Å². The van der Waals surface area contributed by atoms with E-state index < -0.39 is 0 Å². The molecule has 2 aromatic rings. The van der Waals surface area contributed by atoms with Gasteiger partial charge in [0.05, 0.1) is 0 Å². The summed E-state index contributed by atoms with van der Waals surface area (Å²) >= 11 is 5.94. The molecule has 0 unspecified atom stereocenters. The molecule has 20 heavy (non-hydrogen) atoms. The smallest absolute Gasteiger partial charge is 0.174 e. The first kappa shape index (κ1) is 14.2. The number of benzene rings is 2. The third-order valence-corrected chi connectivity index (χ3v) is 3.18. The van der Waals surface area contributed by atoms with E-state index in [2.05, 4.69) is 5.32 Å². The zero-order valence-corrected chi connectivity index (χ0v) is 11.9. The van der Waals surface area contributed by atoms with Crippen molar-refractivity contribution in [3.63, 3.8) is 0 Å². The topological polar surface area (TPSA) is 45.0 Å². The van der Waals surface area contributed by atoms with Crippen LogP contribution < -0.4 is 10.1 Å². The van der Waals surface area contributed by atoms with E-state index in [0.717, 1.165) is 17.3 Å². The number of hydrogen-bond donors (Lipinski definition) is 1. The Morgan fingerprint density at radius 2 is 1.95 bits per heavy atom. The van der Waals surface area contributed by atoms with Gasteiger partial charge >= 0.3 is 0 Å². The van der Waals surface area contributed by atoms with Gasteiger partial charge in [-0.25, -0.2) is 0 Å². The van der Waals surface area contributed by atoms with Crippen LogP contribution in [-0.2, 0) is 6.54 Å². The van der Waals surface area contributed by atoms with E-state index in [4.69, 9.17) is 21.6 Å². The van der Waals surface area contributed by atoms with Gasteiger partial charge in [-0.3, -0.25) is 0 Å². The molecule has 0 aliphatic carbocycles. The van der Waals surface area contributed by atoms with E-state index in [0.29, 0.717) is 5.75 Å². The van der Waals surface area contributed by atoms with E-state index in [1.807, 2.05) is 55.5 Å². The highest BCUT2D eigenvalue weighted by atomic mass is 35.5. The minimum atomic E-state index is 0.0662. The molecule has 0 aromatic heterocycles. The van der Waals surface area contributed by atoms with Crippen molar-refractivity contribution >= 4 is 17.3 Å². The van der Waals surface area contributed by atoms with Crippen LogP contribution in [0.25, 0.3) is 0 Å². The molecule has 0 saturated carbocycles. The molecule has 4 heteroatoms. The van der Waals surface area contributed by atoms with Gasteiger partial charge in [-0.2, -0.15) is 5.26 Å². The lowest BCUT2D eigenvalue weighted by atomic mass is 10.1. The van der Waals surface area contributed by atoms with Crippen molar-refractivity contribution in [2.75, 3.05) is 11.9 Å². The van der Waals surface area contributed by atoms with Crippen LogP contribution in [0.5, 0.6) is 5.75 Å². The number of rotatable bonds is 5. The number of anilines is 1. The molecule has 0 fully saturated rings. The normalized spacial score (nSPS) is 9.85. The van der Waals surface area contributed by atoms with Gasteiger partial charge in [-0.05, 0) is 54.4 Å². The first-order chi connectivity index (χ1) is 9.69. The maximum Gasteiger partial charge on any atom is 0.174 e. The summed E-state index contributed by atoms with van der Waals surface area (Å²) in [4.78, 5) is 0. The Morgan fingerprint density at radius 3 is 2.60 bits per heavy atom. The monoisotopic (exact) mass is 286 g/mol. The lowest BCUT2D eigenvalue weighted by molar-refractivity contribution is 0.368. The average Bonchev–Trinajstić information content (AvgIpc) is 2.45. The summed E-state index contributed by atoms with van der Waals surface area (Å²) in [5, 5.41) is 12.5. The van der Waals surface area contributed by atoms with Crippen molar-refractivity contribution in [3.05, 3.63) is 58.6 Å². The Balaban J connectivity index is 1.95. The van der Waals surface area contributed by atoms with Gasteiger partial charge < -0.3 is 10.1 Å². The Bertz CT molecular complexity index is 617. The maximum absolute atomic E-state index is 8.44. The largest absolute Gasteiger partial charge is 0.479 e. The molecular weight excluding hydrogens is 272 g/mol. The number of nitrogens with one attached hydrogen (secondary N) is 1. The van der Waals surface area contributed by atoms with Gasteiger partial charge in [0.25, 0.3) is 0 Å². The SMILES string of the molecule is Cc1cc(Cl)ccc1CNc1ccc(OCC#N)cc1. The van der Waals surface area contributed by atoms with Crippen molar-refractivity contribution in [3.8, 4) is 11.8 Å². The molecule has 2 rings (SSSR count). The Morgan fingerprint density at radius 1 is 1.20 bits per heavy atom. The highest BCUT2D eigenvalue weighted by Crippen LogP contribution is 2.19. The lowest BCUT2D eigenvalue weighted by Crippen LogP contribution is -2.01. The van der Waals surface area contributed by atoms with Crippen LogP contribution in [0.3, 0.4) is 0 Å². The van der Waals surface area contributed by atoms with Crippen LogP contribution in [0.1, 0.15) is 11.1 Å². The number of halogens is 1. The summed E-state index contributed by atoms with van der Waals surface area (Å²) in [6.45, 7) is 2.85. The average molecular weight is 287 g/mol. The lowest BCUT2D eigenvalue weighted by Gasteiger charge is -2.10. The minimum absolute atomic E-state index is 0.0662. The van der Waals surface area contributed by atoms with Crippen molar-refractivity contribution in [1.29, 1.82) is 5.26 Å². The molecule has 0 aliphatic heterocycles. The van der Waals surface area contributed by atoms with Crippen molar-refractivity contribution in [2.24, 2.45) is 0 Å². The summed E-state index contributed by atoms with van der Waals surface area (Å²) in [6.07, 6.45) is 0. The second kappa shape index (κ2) is 6.83. The summed E-state index contributed by atoms with van der Waals surface area (Å²) < 4.78 is 5.20. The molecule has 0 radical (unpaired) electrons. The predicted octanol–water partition coefficient (Wildman–Crippen LogP) is 4.16. The minimum Gasteiger partial charge on any atom is -0.479 e. The van der Waals surface area contributed by atoms with Crippen molar-refractivity contribution < 1.29 is 4.74 Å². The quantitative estimate of drug-likeness (QED) is 0.897. The number of aryl methyl sites for hydroxylation is 1. The fourth-order valence-corrected chi connectivity index (χ4v) is 2.07. The van der Waals surface area contributed by atoms with Gasteiger partial charge in [0.1, 0.15) is 11.8 Å². The number of ether oxygens (including phenoxy) is 1. The molecule has 0 atom stereocenters. The molecule has 0 aliphatic rings. The molecule has 102 valence electrons. The molecule has 0 saturated heterocycles. The second-order valence-electron chi connectivity index (χ2n) is 4.40. The highest BCUT2D eigenvalue weighted by molar-refractivity contribution is 6.30. The van der Waals surface area contributed by atoms with E-state index in [1.54, 1.807) is 0 Å². The number of hydrogen-bond acceptors (Lipinski definition) is 3. The van der Waals surface area contributed by atoms with Gasteiger partial charge in [0.15, 0.2) is 6.61 Å². The van der Waals surface area contributed by atoms with E-state index in [1.165, 1.54) is 11.1 Å². The molecule has 0 heterocycles. The van der Waals surface area contributed by atoms with E-state index in [-0.39, 0.29) is 6.61 Å². The first-order valence-corrected chi connectivity index (χ1v) is 6.65. The van der Waals surface area contributed by atoms with Gasteiger partial charge in [0.2, 0.25) is 0 Å². The zero-order valence-electron chi connectivity index (χ0n) is 11.2. The second-order valence-corrected chi connectivity index (χ2v) is 4.83. The highest BCUT2D eigenvalue weighted by Gasteiger charge is 2.00. The molecular formula is C16H15ClN2O. The third kappa shape index (κ3) is 3.91. The summed E-state index contributed by atoms with van der Waals surface area (Å²) in [6, 6.07) is 15.4. The van der Waals surface area contributed by atoms with Crippen LogP contribution in [0.2, 0.25) is 5.02 Å². The summed E-state index contributed by atoms with van der Waals surface area (Å²) in [5.74, 6) is 0.694. The van der Waals surface area contributed by atoms with Crippen LogP contribution in [-0.4, -0.2) is 6.61 Å². The fraction of sp³-hybridized carbons (Fsp3) is 0.188. The zero-order chi connectivity index (χ0) is 14.4. The number of nitriles is 1. The standard InChI is InChI=1S/C16H15ClN2O/c1-12-10-14(17)3-2-13(12)11-19-15-4-6-16(7-5-15)20-9-8-18/h2-7,10,19H,9,11H2,1H3. The first-order valence-electron chi connectivity index (χ1n) is 6.28. The molecule has 1 N–H and O–H groups in total. The number of nitrogens with zero attached hydrogens (tertiary/aromatic N) is 1. The fourth-order valence-electron chi connectivity index (χ4n) is 1.84. The van der Waals surface area contributed by atoms with Crippen LogP contribution in [0.4, 0.5) is 5.69 Å². The predicted molar refractivity (Wildman–Crippen MR) is 81.1 cm³/mol. The van der Waals surface area contributed by atoms with Gasteiger partial charge in [-0.15, -0.1) is 0 Å². The molecule has 3 nitrogen and oxygen atoms in total. The molecule has 2 aromatic carbocycles. The van der Waals surface area contributed by atoms with Crippen LogP contribution >= 0.6 is 11.6 Å². The third-order valence-electron chi connectivity index (χ3n) is 2.95. The molecule has 0 amide bonds. The maximum atomic E-state index is 8.44.